The van der Waals surface area contributed by atoms with Crippen LogP contribution < -0.4 is 10.5 Å². The van der Waals surface area contributed by atoms with Gasteiger partial charge in [0.15, 0.2) is 0 Å². The first-order valence-corrected chi connectivity index (χ1v) is 7.28. The van der Waals surface area contributed by atoms with Gasteiger partial charge in [0.1, 0.15) is 9.88 Å². The van der Waals surface area contributed by atoms with Gasteiger partial charge < -0.3 is 5.73 Å². The molecule has 0 aliphatic carbocycles. The molecule has 0 amide bonds. The third kappa shape index (κ3) is 3.03. The molecule has 100 valence electrons. The first-order chi connectivity index (χ1) is 8.90. The molecule has 0 saturated carbocycles. The molecular formula is C10H9ClN4O2S2. The Bertz CT molecular complexity index is 713. The number of nitrogens with one attached hydrogen (secondary N) is 2. The number of aromatic amines is 1. The molecule has 0 aliphatic rings. The molecule has 0 spiro atoms. The van der Waals surface area contributed by atoms with Crippen molar-refractivity contribution in [3.63, 3.8) is 0 Å². The molecule has 4 N–H and O–H groups in total. The molecule has 1 aromatic heterocycles. The summed E-state index contributed by atoms with van der Waals surface area (Å²) in [4.78, 5) is 0.0722. The summed E-state index contributed by atoms with van der Waals surface area (Å²) in [6, 6.07) is 4.57. The zero-order valence-corrected chi connectivity index (χ0v) is 11.8. The maximum atomic E-state index is 12.1. The predicted molar refractivity (Wildman–Crippen MR) is 76.7 cm³/mol. The Morgan fingerprint density at radius 2 is 2.21 bits per heavy atom. The Balaban J connectivity index is 2.44. The molecule has 0 bridgehead atoms. The number of halogens is 1. The minimum Gasteiger partial charge on any atom is -0.389 e. The average Bonchev–Trinajstić information content (AvgIpc) is 2.81. The van der Waals surface area contributed by atoms with Gasteiger partial charge in [-0.3, -0.25) is 9.82 Å². The normalized spacial score (nSPS) is 11.2. The van der Waals surface area contributed by atoms with Crippen LogP contribution in [0.3, 0.4) is 0 Å². The SMILES string of the molecule is NC(=S)c1ccc(Cl)cc1NS(=O)(=O)c1cn[nH]c1. The summed E-state index contributed by atoms with van der Waals surface area (Å²) >= 11 is 10.7. The van der Waals surface area contributed by atoms with Gasteiger partial charge in [-0.05, 0) is 18.2 Å². The van der Waals surface area contributed by atoms with Gasteiger partial charge in [-0.2, -0.15) is 5.10 Å². The summed E-state index contributed by atoms with van der Waals surface area (Å²) in [7, 11) is -3.76. The van der Waals surface area contributed by atoms with E-state index in [1.165, 1.54) is 18.5 Å². The largest absolute Gasteiger partial charge is 0.389 e. The van der Waals surface area contributed by atoms with Gasteiger partial charge in [0, 0.05) is 16.8 Å². The van der Waals surface area contributed by atoms with Gasteiger partial charge in [0.25, 0.3) is 10.0 Å². The van der Waals surface area contributed by atoms with Gasteiger partial charge in [0.2, 0.25) is 0 Å². The summed E-state index contributed by atoms with van der Waals surface area (Å²) < 4.78 is 26.5. The second kappa shape index (κ2) is 5.16. The van der Waals surface area contributed by atoms with E-state index in [1.807, 2.05) is 0 Å². The van der Waals surface area contributed by atoms with Crippen LogP contribution >= 0.6 is 23.8 Å². The molecule has 0 atom stereocenters. The predicted octanol–water partition coefficient (Wildman–Crippen LogP) is 1.50. The quantitative estimate of drug-likeness (QED) is 0.742. The highest BCUT2D eigenvalue weighted by molar-refractivity contribution is 7.92. The van der Waals surface area contributed by atoms with Crippen molar-refractivity contribution < 1.29 is 8.42 Å². The number of aromatic nitrogens is 2. The number of nitrogens with two attached hydrogens (primary N) is 1. The molecule has 2 rings (SSSR count). The highest BCUT2D eigenvalue weighted by atomic mass is 35.5. The molecule has 19 heavy (non-hydrogen) atoms. The van der Waals surface area contributed by atoms with E-state index in [0.717, 1.165) is 0 Å². The van der Waals surface area contributed by atoms with E-state index < -0.39 is 10.0 Å². The maximum Gasteiger partial charge on any atom is 0.265 e. The number of benzene rings is 1. The fourth-order valence-electron chi connectivity index (χ4n) is 1.41. The first kappa shape index (κ1) is 13.8. The van der Waals surface area contributed by atoms with Crippen molar-refractivity contribution >= 4 is 44.5 Å². The molecule has 6 nitrogen and oxygen atoms in total. The lowest BCUT2D eigenvalue weighted by atomic mass is 10.2. The van der Waals surface area contributed by atoms with Crippen LogP contribution in [0.15, 0.2) is 35.5 Å². The number of nitrogens with zero attached hydrogens (tertiary/aromatic N) is 1. The van der Waals surface area contributed by atoms with E-state index in [1.54, 1.807) is 12.1 Å². The Labute approximate surface area is 120 Å². The number of H-pyrrole nitrogens is 1. The van der Waals surface area contributed by atoms with E-state index in [0.29, 0.717) is 10.6 Å². The molecule has 2 aromatic rings. The van der Waals surface area contributed by atoms with E-state index in [2.05, 4.69) is 14.9 Å². The molecule has 0 fully saturated rings. The minimum atomic E-state index is -3.76. The van der Waals surface area contributed by atoms with E-state index in [4.69, 9.17) is 29.6 Å². The highest BCUT2D eigenvalue weighted by Gasteiger charge is 2.18. The van der Waals surface area contributed by atoms with Crippen LogP contribution in [0.25, 0.3) is 0 Å². The van der Waals surface area contributed by atoms with Crippen molar-refractivity contribution in [3.05, 3.63) is 41.2 Å². The number of hydrogen-bond donors (Lipinski definition) is 3. The zero-order chi connectivity index (χ0) is 14.0. The van der Waals surface area contributed by atoms with Crippen molar-refractivity contribution in [2.75, 3.05) is 4.72 Å². The van der Waals surface area contributed by atoms with Crippen LogP contribution in [0.5, 0.6) is 0 Å². The van der Waals surface area contributed by atoms with E-state index >= 15 is 0 Å². The van der Waals surface area contributed by atoms with Crippen LogP contribution in [0, 0.1) is 0 Å². The minimum absolute atomic E-state index is 0.00126. The van der Waals surface area contributed by atoms with Gasteiger partial charge in [0.05, 0.1) is 11.9 Å². The zero-order valence-electron chi connectivity index (χ0n) is 9.42. The van der Waals surface area contributed by atoms with Gasteiger partial charge in [-0.25, -0.2) is 8.42 Å². The second-order valence-corrected chi connectivity index (χ2v) is 6.15. The molecule has 0 radical (unpaired) electrons. The molecular weight excluding hydrogens is 308 g/mol. The highest BCUT2D eigenvalue weighted by Crippen LogP contribution is 2.23. The van der Waals surface area contributed by atoms with Crippen LogP contribution in [-0.4, -0.2) is 23.6 Å². The van der Waals surface area contributed by atoms with Crippen LogP contribution in [0.4, 0.5) is 5.69 Å². The molecule has 0 saturated heterocycles. The number of rotatable bonds is 4. The second-order valence-electron chi connectivity index (χ2n) is 3.59. The Kier molecular flexibility index (Phi) is 3.74. The smallest absolute Gasteiger partial charge is 0.265 e. The summed E-state index contributed by atoms with van der Waals surface area (Å²) in [5.74, 6) is 0. The van der Waals surface area contributed by atoms with Crippen molar-refractivity contribution in [1.82, 2.24) is 10.2 Å². The van der Waals surface area contributed by atoms with Crippen LogP contribution in [-0.2, 0) is 10.0 Å². The molecule has 1 aromatic carbocycles. The Hall–Kier alpha value is -1.64. The van der Waals surface area contributed by atoms with Crippen molar-refractivity contribution in [3.8, 4) is 0 Å². The topological polar surface area (TPSA) is 101 Å². The van der Waals surface area contributed by atoms with Gasteiger partial charge in [-0.15, -0.1) is 0 Å². The molecule has 0 unspecified atom stereocenters. The Morgan fingerprint density at radius 3 is 2.79 bits per heavy atom. The lowest BCUT2D eigenvalue weighted by Gasteiger charge is -2.11. The van der Waals surface area contributed by atoms with Crippen molar-refractivity contribution in [2.45, 2.75) is 4.90 Å². The van der Waals surface area contributed by atoms with E-state index in [-0.39, 0.29) is 15.6 Å². The summed E-state index contributed by atoms with van der Waals surface area (Å²) in [6.45, 7) is 0. The average molecular weight is 317 g/mol. The lowest BCUT2D eigenvalue weighted by Crippen LogP contribution is -2.17. The van der Waals surface area contributed by atoms with Crippen molar-refractivity contribution in [2.24, 2.45) is 5.73 Å². The maximum absolute atomic E-state index is 12.1. The Morgan fingerprint density at radius 1 is 1.47 bits per heavy atom. The molecule has 0 aliphatic heterocycles. The number of thiocarbonyl (C=S) groups is 1. The third-order valence-corrected chi connectivity index (χ3v) is 4.06. The summed E-state index contributed by atoms with van der Waals surface area (Å²) in [5, 5.41) is 6.37. The lowest BCUT2D eigenvalue weighted by molar-refractivity contribution is 0.601. The van der Waals surface area contributed by atoms with Crippen molar-refractivity contribution in [1.29, 1.82) is 0 Å². The fraction of sp³-hybridized carbons (Fsp3) is 0. The number of hydrogen-bond acceptors (Lipinski definition) is 4. The number of anilines is 1. The van der Waals surface area contributed by atoms with Crippen LogP contribution in [0.2, 0.25) is 5.02 Å². The standard InChI is InChI=1S/C10H9ClN4O2S2/c11-6-1-2-8(10(12)18)9(3-6)15-19(16,17)7-4-13-14-5-7/h1-5,15H,(H2,12,18)(H,13,14). The summed E-state index contributed by atoms with van der Waals surface area (Å²) in [6.07, 6.45) is 2.45. The third-order valence-electron chi connectivity index (χ3n) is 2.27. The first-order valence-electron chi connectivity index (χ1n) is 5.01. The van der Waals surface area contributed by atoms with E-state index in [9.17, 15) is 8.42 Å². The molecule has 9 heteroatoms. The summed E-state index contributed by atoms with van der Waals surface area (Å²) in [5.41, 5.74) is 6.16. The monoisotopic (exact) mass is 316 g/mol. The van der Waals surface area contributed by atoms with Gasteiger partial charge >= 0.3 is 0 Å². The fourth-order valence-corrected chi connectivity index (χ4v) is 2.73. The van der Waals surface area contributed by atoms with Gasteiger partial charge in [-0.1, -0.05) is 23.8 Å². The van der Waals surface area contributed by atoms with Crippen LogP contribution in [0.1, 0.15) is 5.56 Å². The number of sulfonamides is 1. The molecule has 1 heterocycles.